The number of hydrogen-bond donors (Lipinski definition) is 1. The van der Waals surface area contributed by atoms with Crippen LogP contribution in [0.3, 0.4) is 0 Å². The van der Waals surface area contributed by atoms with Crippen LogP contribution in [-0.2, 0) is 10.8 Å². The predicted molar refractivity (Wildman–Crippen MR) is 204 cm³/mol. The Morgan fingerprint density at radius 1 is 0.551 bits per heavy atom. The number of nitrogens with zero attached hydrogens (tertiary/aromatic N) is 1. The van der Waals surface area contributed by atoms with E-state index in [0.717, 1.165) is 23.0 Å². The second-order valence-electron chi connectivity index (χ2n) is 14.1. The molecule has 6 aromatic carbocycles. The fourth-order valence-corrected chi connectivity index (χ4v) is 12.7. The second kappa shape index (κ2) is 11.4. The van der Waals surface area contributed by atoms with Crippen LogP contribution in [0.2, 0.25) is 0 Å². The first-order valence-corrected chi connectivity index (χ1v) is 18.5. The lowest BCUT2D eigenvalue weighted by Crippen LogP contribution is -2.38. The van der Waals surface area contributed by atoms with Gasteiger partial charge in [-0.3, -0.25) is 9.59 Å². The van der Waals surface area contributed by atoms with Gasteiger partial charge in [-0.15, -0.1) is 0 Å². The van der Waals surface area contributed by atoms with Gasteiger partial charge in [0.25, 0.3) is 11.8 Å². The molecule has 240 valence electrons. The zero-order valence-corrected chi connectivity index (χ0v) is 28.8. The molecule has 2 N–H and O–H groups in total. The Morgan fingerprint density at radius 3 is 1.63 bits per heavy atom. The summed E-state index contributed by atoms with van der Waals surface area (Å²) in [6.07, 6.45) is 0.901. The summed E-state index contributed by atoms with van der Waals surface area (Å²) in [7, 11) is -2.45. The first-order valence-electron chi connectivity index (χ1n) is 16.7. The molecule has 0 fully saturated rings. The van der Waals surface area contributed by atoms with Crippen molar-refractivity contribution >= 4 is 51.7 Å². The van der Waals surface area contributed by atoms with Crippen LogP contribution in [-0.4, -0.2) is 11.8 Å². The number of nitrogens with two attached hydrogens (primary N) is 1. The van der Waals surface area contributed by atoms with Crippen molar-refractivity contribution in [3.8, 4) is 0 Å². The molecule has 0 saturated heterocycles. The summed E-state index contributed by atoms with van der Waals surface area (Å²) in [5.74, 6) is -0.582. The lowest BCUT2D eigenvalue weighted by Gasteiger charge is -2.29. The van der Waals surface area contributed by atoms with Gasteiger partial charge in [0, 0.05) is 11.1 Å². The SMILES string of the molecule is CC1(C)CC(C)(c2ccc(N)cc2)c2cc(N3C(=O)c4ccc([P+](c5ccccc5)(c5ccccc5)c5ccccc5)cc4C3=O)ccc21. The third-order valence-electron chi connectivity index (χ3n) is 10.6. The number of imide groups is 1. The Hall–Kier alpha value is -5.31. The highest BCUT2D eigenvalue weighted by Crippen LogP contribution is 2.56. The molecular weight excluding hydrogens is 619 g/mol. The molecule has 6 aromatic rings. The first kappa shape index (κ1) is 31.0. The lowest BCUT2D eigenvalue weighted by atomic mass is 9.75. The van der Waals surface area contributed by atoms with E-state index in [0.29, 0.717) is 16.8 Å². The van der Waals surface area contributed by atoms with Gasteiger partial charge in [0.2, 0.25) is 0 Å². The normalized spacial score (nSPS) is 18.0. The largest absolute Gasteiger partial charge is 0.399 e. The first-order chi connectivity index (χ1) is 23.6. The molecule has 1 aliphatic heterocycles. The molecule has 0 spiro atoms. The minimum absolute atomic E-state index is 0.0831. The van der Waals surface area contributed by atoms with Gasteiger partial charge in [-0.1, -0.05) is 93.6 Å². The topological polar surface area (TPSA) is 63.4 Å². The summed E-state index contributed by atoms with van der Waals surface area (Å²) in [6, 6.07) is 51.8. The number of anilines is 2. The van der Waals surface area contributed by atoms with E-state index < -0.39 is 7.26 Å². The smallest absolute Gasteiger partial charge is 0.266 e. The highest BCUT2D eigenvalue weighted by molar-refractivity contribution is 8.01. The van der Waals surface area contributed by atoms with Crippen molar-refractivity contribution in [1.82, 2.24) is 0 Å². The number of fused-ring (bicyclic) bond motifs is 2. The molecule has 2 aliphatic rings. The van der Waals surface area contributed by atoms with E-state index in [1.807, 2.05) is 48.5 Å². The van der Waals surface area contributed by atoms with Crippen LogP contribution >= 0.6 is 7.26 Å². The summed E-state index contributed by atoms with van der Waals surface area (Å²) >= 11 is 0. The minimum atomic E-state index is -2.45. The standard InChI is InChI=1S/C44H38N2O2P/c1-43(2)29-44(3,30-19-21-31(45)22-20-30)40-27-32(23-26-39(40)43)46-41(47)37-25-24-36(28-38(37)42(46)48)49(33-13-7-4-8-14-33,34-15-9-5-10-16-34)35-17-11-6-12-18-35/h4-28H,29,45H2,1-3H3/q+1. The van der Waals surface area contributed by atoms with Crippen LogP contribution in [0.1, 0.15) is 64.6 Å². The van der Waals surface area contributed by atoms with Gasteiger partial charge in [-0.2, -0.15) is 0 Å². The van der Waals surface area contributed by atoms with Crippen LogP contribution < -0.4 is 31.9 Å². The molecule has 0 aromatic heterocycles. The fraction of sp³-hybridized carbons (Fsp3) is 0.136. The molecule has 5 heteroatoms. The Morgan fingerprint density at radius 2 is 1.08 bits per heavy atom. The molecule has 1 atom stereocenters. The van der Waals surface area contributed by atoms with E-state index >= 15 is 0 Å². The maximum atomic E-state index is 14.5. The third-order valence-corrected chi connectivity index (χ3v) is 14.9. The molecule has 4 nitrogen and oxygen atoms in total. The Bertz CT molecular complexity index is 2130. The van der Waals surface area contributed by atoms with Crippen molar-refractivity contribution < 1.29 is 9.59 Å². The average molecular weight is 658 g/mol. The van der Waals surface area contributed by atoms with E-state index in [1.54, 1.807) is 0 Å². The number of carbonyl (C=O) groups excluding carboxylic acids is 2. The monoisotopic (exact) mass is 657 g/mol. The number of hydrogen-bond acceptors (Lipinski definition) is 3. The summed E-state index contributed by atoms with van der Waals surface area (Å²) in [6.45, 7) is 6.78. The minimum Gasteiger partial charge on any atom is -0.399 e. The highest BCUT2D eigenvalue weighted by atomic mass is 31.2. The zero-order chi connectivity index (χ0) is 34.0. The van der Waals surface area contributed by atoms with E-state index in [1.165, 1.54) is 31.9 Å². The van der Waals surface area contributed by atoms with E-state index in [2.05, 4.69) is 124 Å². The maximum absolute atomic E-state index is 14.5. The van der Waals surface area contributed by atoms with Crippen LogP contribution in [0.25, 0.3) is 0 Å². The third kappa shape index (κ3) is 4.70. The Labute approximate surface area is 288 Å². The van der Waals surface area contributed by atoms with Gasteiger partial charge in [0.15, 0.2) is 0 Å². The van der Waals surface area contributed by atoms with Crippen LogP contribution in [0.4, 0.5) is 11.4 Å². The molecular formula is C44H38N2O2P+. The van der Waals surface area contributed by atoms with Crippen molar-refractivity contribution in [1.29, 1.82) is 0 Å². The molecule has 0 bridgehead atoms. The summed E-state index contributed by atoms with van der Waals surface area (Å²) in [5.41, 5.74) is 11.4. The molecule has 0 saturated carbocycles. The molecule has 0 radical (unpaired) electrons. The van der Waals surface area contributed by atoms with Gasteiger partial charge in [0.1, 0.15) is 28.5 Å². The average Bonchev–Trinajstić information content (AvgIpc) is 3.50. The van der Waals surface area contributed by atoms with Crippen molar-refractivity contribution in [3.05, 3.63) is 179 Å². The summed E-state index contributed by atoms with van der Waals surface area (Å²) < 4.78 is 0. The number of nitrogen functional groups attached to an aromatic ring is 1. The van der Waals surface area contributed by atoms with Crippen molar-refractivity contribution in [2.24, 2.45) is 0 Å². The fourth-order valence-electron chi connectivity index (χ4n) is 8.42. The maximum Gasteiger partial charge on any atom is 0.266 e. The van der Waals surface area contributed by atoms with Gasteiger partial charge < -0.3 is 5.73 Å². The Balaban J connectivity index is 1.27. The van der Waals surface area contributed by atoms with Crippen molar-refractivity contribution in [2.45, 2.75) is 38.0 Å². The van der Waals surface area contributed by atoms with Crippen LogP contribution in [0, 0.1) is 0 Å². The zero-order valence-electron chi connectivity index (χ0n) is 27.9. The van der Waals surface area contributed by atoms with Gasteiger partial charge in [-0.25, -0.2) is 4.90 Å². The summed E-state index contributed by atoms with van der Waals surface area (Å²) in [4.78, 5) is 30.0. The molecule has 8 rings (SSSR count). The van der Waals surface area contributed by atoms with Crippen molar-refractivity contribution in [2.75, 3.05) is 10.6 Å². The molecule has 1 unspecified atom stereocenters. The van der Waals surface area contributed by atoms with Gasteiger partial charge >= 0.3 is 0 Å². The molecule has 1 aliphatic carbocycles. The van der Waals surface area contributed by atoms with Crippen LogP contribution in [0.15, 0.2) is 152 Å². The van der Waals surface area contributed by atoms with Crippen LogP contribution in [0.5, 0.6) is 0 Å². The number of benzene rings is 6. The number of amides is 2. The molecule has 2 amide bonds. The number of carbonyl (C=O) groups is 2. The van der Waals surface area contributed by atoms with E-state index in [-0.39, 0.29) is 22.6 Å². The molecule has 1 heterocycles. The van der Waals surface area contributed by atoms with Gasteiger partial charge in [-0.05, 0) is 107 Å². The predicted octanol–water partition coefficient (Wildman–Crippen LogP) is 7.68. The molecule has 49 heavy (non-hydrogen) atoms. The van der Waals surface area contributed by atoms with E-state index in [4.69, 9.17) is 5.73 Å². The number of rotatable bonds is 6. The second-order valence-corrected chi connectivity index (χ2v) is 17.5. The Kier molecular flexibility index (Phi) is 7.21. The highest BCUT2D eigenvalue weighted by Gasteiger charge is 2.50. The summed E-state index contributed by atoms with van der Waals surface area (Å²) in [5, 5.41) is 4.59. The lowest BCUT2D eigenvalue weighted by molar-refractivity contribution is 0.0926. The van der Waals surface area contributed by atoms with E-state index in [9.17, 15) is 9.59 Å². The quantitative estimate of drug-likeness (QED) is 0.114. The van der Waals surface area contributed by atoms with Crippen molar-refractivity contribution in [3.63, 3.8) is 0 Å². The van der Waals surface area contributed by atoms with Gasteiger partial charge in [0.05, 0.1) is 16.8 Å².